The number of hydrogen-bond donors (Lipinski definition) is 2. The predicted octanol–water partition coefficient (Wildman–Crippen LogP) is 0.788. The average molecular weight is 222 g/mol. The molecule has 88 valence electrons. The van der Waals surface area contributed by atoms with Crippen LogP contribution in [0.5, 0.6) is 0 Å². The average Bonchev–Trinajstić information content (AvgIpc) is 2.94. The minimum Gasteiger partial charge on any atom is -0.395 e. The maximum atomic E-state index is 12.0. The number of aromatic amines is 1. The van der Waals surface area contributed by atoms with Crippen LogP contribution in [0.2, 0.25) is 0 Å². The highest BCUT2D eigenvalue weighted by atomic mass is 16.3. The van der Waals surface area contributed by atoms with Crippen molar-refractivity contribution in [3.63, 3.8) is 0 Å². The summed E-state index contributed by atoms with van der Waals surface area (Å²) in [6.45, 7) is 0.693. The first-order valence-electron chi connectivity index (χ1n) is 5.66. The van der Waals surface area contributed by atoms with Crippen molar-refractivity contribution >= 4 is 5.91 Å². The van der Waals surface area contributed by atoms with E-state index in [4.69, 9.17) is 0 Å². The summed E-state index contributed by atoms with van der Waals surface area (Å²) < 4.78 is 0. The third-order valence-electron chi connectivity index (χ3n) is 3.35. The van der Waals surface area contributed by atoms with Crippen molar-refractivity contribution in [2.75, 3.05) is 20.2 Å². The molecule has 2 rings (SSSR count). The van der Waals surface area contributed by atoms with E-state index in [1.807, 2.05) is 25.5 Å². The summed E-state index contributed by atoms with van der Waals surface area (Å²) in [4.78, 5) is 16.7. The zero-order valence-corrected chi connectivity index (χ0v) is 9.57. The Labute approximate surface area is 95.3 Å². The fourth-order valence-corrected chi connectivity index (χ4v) is 1.91. The molecule has 16 heavy (non-hydrogen) atoms. The predicted molar refractivity (Wildman–Crippen MR) is 60.9 cm³/mol. The van der Waals surface area contributed by atoms with Crippen LogP contribution < -0.4 is 0 Å². The van der Waals surface area contributed by atoms with Crippen molar-refractivity contribution in [2.24, 2.45) is 5.41 Å². The topological polar surface area (TPSA) is 56.3 Å². The third kappa shape index (κ3) is 2.11. The molecular weight excluding hydrogens is 204 g/mol. The van der Waals surface area contributed by atoms with Crippen LogP contribution in [0.1, 0.15) is 18.4 Å². The SMILES string of the molecule is CN(CCc1cc[nH]c1)C(=O)C1(CO)CC1. The first kappa shape index (κ1) is 11.2. The van der Waals surface area contributed by atoms with Gasteiger partial charge in [0.2, 0.25) is 5.91 Å². The summed E-state index contributed by atoms with van der Waals surface area (Å²) in [5.74, 6) is 0.0885. The number of carbonyl (C=O) groups is 1. The summed E-state index contributed by atoms with van der Waals surface area (Å²) in [6.07, 6.45) is 6.34. The molecule has 0 bridgehead atoms. The number of nitrogens with one attached hydrogen (secondary N) is 1. The number of aliphatic hydroxyl groups excluding tert-OH is 1. The van der Waals surface area contributed by atoms with Gasteiger partial charge in [0, 0.05) is 26.0 Å². The summed E-state index contributed by atoms with van der Waals surface area (Å²) in [5.41, 5.74) is 0.765. The first-order chi connectivity index (χ1) is 7.68. The number of H-pyrrole nitrogens is 1. The van der Waals surface area contributed by atoms with Gasteiger partial charge in [-0.05, 0) is 30.9 Å². The molecule has 1 aromatic rings. The second kappa shape index (κ2) is 4.29. The second-order valence-electron chi connectivity index (χ2n) is 4.63. The fraction of sp³-hybridized carbons (Fsp3) is 0.583. The molecular formula is C12H18N2O2. The molecule has 1 aromatic heterocycles. The van der Waals surface area contributed by atoms with E-state index in [1.165, 1.54) is 5.56 Å². The first-order valence-corrected chi connectivity index (χ1v) is 5.66. The van der Waals surface area contributed by atoms with E-state index in [9.17, 15) is 9.90 Å². The lowest BCUT2D eigenvalue weighted by Crippen LogP contribution is -2.37. The summed E-state index contributed by atoms with van der Waals surface area (Å²) in [5, 5.41) is 9.18. The van der Waals surface area contributed by atoms with Crippen LogP contribution in [-0.2, 0) is 11.2 Å². The molecule has 1 fully saturated rings. The molecule has 0 aliphatic heterocycles. The zero-order valence-electron chi connectivity index (χ0n) is 9.57. The molecule has 1 heterocycles. The van der Waals surface area contributed by atoms with Crippen LogP contribution in [0.25, 0.3) is 0 Å². The Kier molecular flexibility index (Phi) is 3.01. The minimum atomic E-state index is -0.438. The summed E-state index contributed by atoms with van der Waals surface area (Å²) in [6, 6.07) is 2.01. The standard InChI is InChI=1S/C12H18N2O2/c1-14(7-3-10-2-6-13-8-10)11(16)12(9-15)4-5-12/h2,6,8,13,15H,3-5,7,9H2,1H3. The van der Waals surface area contributed by atoms with E-state index in [1.54, 1.807) is 4.90 Å². The zero-order chi connectivity index (χ0) is 11.6. The van der Waals surface area contributed by atoms with Crippen molar-refractivity contribution in [3.8, 4) is 0 Å². The Morgan fingerprint density at radius 1 is 1.62 bits per heavy atom. The van der Waals surface area contributed by atoms with Crippen molar-refractivity contribution in [1.29, 1.82) is 0 Å². The van der Waals surface area contributed by atoms with Gasteiger partial charge in [0.05, 0.1) is 12.0 Å². The molecule has 1 saturated carbocycles. The van der Waals surface area contributed by atoms with Gasteiger partial charge < -0.3 is 15.0 Å². The highest BCUT2D eigenvalue weighted by molar-refractivity contribution is 5.85. The van der Waals surface area contributed by atoms with Gasteiger partial charge in [-0.1, -0.05) is 0 Å². The molecule has 0 atom stereocenters. The number of carbonyl (C=O) groups excluding carboxylic acids is 1. The van der Waals surface area contributed by atoms with Crippen LogP contribution in [0.3, 0.4) is 0 Å². The Balaban J connectivity index is 1.84. The molecule has 0 spiro atoms. The van der Waals surface area contributed by atoms with Crippen LogP contribution in [0.15, 0.2) is 18.5 Å². The van der Waals surface area contributed by atoms with Gasteiger partial charge in [0.1, 0.15) is 0 Å². The smallest absolute Gasteiger partial charge is 0.230 e. The van der Waals surface area contributed by atoms with Gasteiger partial charge in [0.15, 0.2) is 0 Å². The van der Waals surface area contributed by atoms with Crippen molar-refractivity contribution in [2.45, 2.75) is 19.3 Å². The molecule has 0 radical (unpaired) electrons. The van der Waals surface area contributed by atoms with E-state index in [0.29, 0.717) is 6.54 Å². The Bertz CT molecular complexity index is 355. The minimum absolute atomic E-state index is 0.0136. The van der Waals surface area contributed by atoms with Crippen molar-refractivity contribution < 1.29 is 9.90 Å². The Morgan fingerprint density at radius 3 is 2.88 bits per heavy atom. The van der Waals surface area contributed by atoms with E-state index < -0.39 is 5.41 Å². The molecule has 0 aromatic carbocycles. The molecule has 2 N–H and O–H groups in total. The van der Waals surface area contributed by atoms with E-state index in [2.05, 4.69) is 4.98 Å². The van der Waals surface area contributed by atoms with Crippen LogP contribution >= 0.6 is 0 Å². The van der Waals surface area contributed by atoms with Gasteiger partial charge in [-0.25, -0.2) is 0 Å². The molecule has 0 unspecified atom stereocenters. The van der Waals surface area contributed by atoms with E-state index in [-0.39, 0.29) is 12.5 Å². The molecule has 0 saturated heterocycles. The van der Waals surface area contributed by atoms with Gasteiger partial charge in [0.25, 0.3) is 0 Å². The molecule has 1 amide bonds. The van der Waals surface area contributed by atoms with Crippen molar-refractivity contribution in [1.82, 2.24) is 9.88 Å². The number of aliphatic hydroxyl groups is 1. The lowest BCUT2D eigenvalue weighted by molar-refractivity contribution is -0.137. The van der Waals surface area contributed by atoms with Crippen LogP contribution in [0, 0.1) is 5.41 Å². The monoisotopic (exact) mass is 222 g/mol. The number of hydrogen-bond acceptors (Lipinski definition) is 2. The molecule has 1 aliphatic rings. The summed E-state index contributed by atoms with van der Waals surface area (Å²) in [7, 11) is 1.81. The van der Waals surface area contributed by atoms with Crippen LogP contribution in [0.4, 0.5) is 0 Å². The molecule has 4 heteroatoms. The van der Waals surface area contributed by atoms with E-state index in [0.717, 1.165) is 19.3 Å². The lowest BCUT2D eigenvalue weighted by atomic mass is 10.1. The lowest BCUT2D eigenvalue weighted by Gasteiger charge is -2.21. The number of amides is 1. The number of aromatic nitrogens is 1. The normalized spacial score (nSPS) is 17.1. The number of likely N-dealkylation sites (N-methyl/N-ethyl adjacent to an activating group) is 1. The highest BCUT2D eigenvalue weighted by Crippen LogP contribution is 2.46. The van der Waals surface area contributed by atoms with Crippen LogP contribution in [-0.4, -0.2) is 41.1 Å². The van der Waals surface area contributed by atoms with Gasteiger partial charge in [-0.3, -0.25) is 4.79 Å². The second-order valence-corrected chi connectivity index (χ2v) is 4.63. The van der Waals surface area contributed by atoms with Gasteiger partial charge >= 0.3 is 0 Å². The third-order valence-corrected chi connectivity index (χ3v) is 3.35. The van der Waals surface area contributed by atoms with Gasteiger partial charge in [-0.15, -0.1) is 0 Å². The Morgan fingerprint density at radius 2 is 2.38 bits per heavy atom. The fourth-order valence-electron chi connectivity index (χ4n) is 1.91. The highest BCUT2D eigenvalue weighted by Gasteiger charge is 2.50. The molecule has 4 nitrogen and oxygen atoms in total. The summed E-state index contributed by atoms with van der Waals surface area (Å²) >= 11 is 0. The van der Waals surface area contributed by atoms with Gasteiger partial charge in [-0.2, -0.15) is 0 Å². The quantitative estimate of drug-likeness (QED) is 0.773. The molecule has 1 aliphatic carbocycles. The maximum Gasteiger partial charge on any atom is 0.230 e. The largest absolute Gasteiger partial charge is 0.395 e. The Hall–Kier alpha value is -1.29. The van der Waals surface area contributed by atoms with Crippen molar-refractivity contribution in [3.05, 3.63) is 24.0 Å². The number of nitrogens with zero attached hydrogens (tertiary/aromatic N) is 1. The van der Waals surface area contributed by atoms with E-state index >= 15 is 0 Å². The maximum absolute atomic E-state index is 12.0. The number of rotatable bonds is 5.